The van der Waals surface area contributed by atoms with Crippen molar-refractivity contribution >= 4 is 23.6 Å². The molecule has 1 unspecified atom stereocenters. The molecule has 2 amide bonds. The fourth-order valence-corrected chi connectivity index (χ4v) is 3.11. The molecule has 5 heteroatoms. The molecule has 2 aromatic rings. The Morgan fingerprint density at radius 2 is 2.04 bits per heavy atom. The summed E-state index contributed by atoms with van der Waals surface area (Å²) in [6, 6.07) is 7.87. The molecule has 0 spiro atoms. The van der Waals surface area contributed by atoms with Crippen molar-refractivity contribution in [2.75, 3.05) is 19.4 Å². The number of hydrogen-bond acceptors (Lipinski definition) is 3. The van der Waals surface area contributed by atoms with E-state index in [4.69, 9.17) is 0 Å². The summed E-state index contributed by atoms with van der Waals surface area (Å²) in [6.45, 7) is 2.14. The fraction of sp³-hybridized carbons (Fsp3) is 0.286. The molecule has 0 bridgehead atoms. The van der Waals surface area contributed by atoms with Crippen molar-refractivity contribution in [3.8, 4) is 11.1 Å². The normalized spacial score (nSPS) is 16.1. The van der Waals surface area contributed by atoms with E-state index in [1.807, 2.05) is 18.2 Å². The van der Waals surface area contributed by atoms with E-state index in [-0.39, 0.29) is 6.03 Å². The summed E-state index contributed by atoms with van der Waals surface area (Å²) >= 11 is 0. The number of aryl methyl sites for hydroxylation is 1. The number of rotatable bonds is 3. The van der Waals surface area contributed by atoms with Crippen molar-refractivity contribution in [3.05, 3.63) is 53.9 Å². The molecule has 1 aromatic heterocycles. The Hall–Kier alpha value is -2.95. The Morgan fingerprint density at radius 1 is 1.23 bits per heavy atom. The van der Waals surface area contributed by atoms with Crippen molar-refractivity contribution in [1.29, 1.82) is 0 Å². The average Bonchev–Trinajstić information content (AvgIpc) is 2.80. The number of nitrogens with zero attached hydrogens (tertiary/aromatic N) is 2. The largest absolute Gasteiger partial charge is 0.331 e. The average molecular weight is 349 g/mol. The number of pyridine rings is 1. The lowest BCUT2D eigenvalue weighted by molar-refractivity contribution is -0.103. The monoisotopic (exact) mass is 349 g/mol. The highest BCUT2D eigenvalue weighted by Crippen LogP contribution is 2.31. The van der Waals surface area contributed by atoms with Crippen LogP contribution in [-0.4, -0.2) is 36.3 Å². The molecule has 134 valence electrons. The number of fused-ring (bicyclic) bond motifs is 1. The predicted octanol–water partition coefficient (Wildman–Crippen LogP) is 4.01. The third kappa shape index (κ3) is 3.82. The van der Waals surface area contributed by atoms with Crippen LogP contribution in [0.4, 0.5) is 10.5 Å². The minimum Gasteiger partial charge on any atom is -0.331 e. The summed E-state index contributed by atoms with van der Waals surface area (Å²) < 4.78 is 0. The third-order valence-corrected chi connectivity index (χ3v) is 4.61. The van der Waals surface area contributed by atoms with Crippen LogP contribution in [0.2, 0.25) is 0 Å². The quantitative estimate of drug-likeness (QED) is 0.852. The van der Waals surface area contributed by atoms with Crippen LogP contribution in [0.3, 0.4) is 0 Å². The summed E-state index contributed by atoms with van der Waals surface area (Å²) in [7, 11) is 3.38. The van der Waals surface area contributed by atoms with Crippen LogP contribution >= 0.6 is 0 Å². The minimum atomic E-state index is -0.203. The van der Waals surface area contributed by atoms with Crippen molar-refractivity contribution in [2.45, 2.75) is 19.8 Å². The number of hydrogen-bond donors (Lipinski definition) is 1. The van der Waals surface area contributed by atoms with E-state index in [0.29, 0.717) is 11.6 Å². The van der Waals surface area contributed by atoms with Gasteiger partial charge in [0, 0.05) is 31.4 Å². The molecular weight excluding hydrogens is 326 g/mol. The summed E-state index contributed by atoms with van der Waals surface area (Å²) in [5, 5.41) is 2.81. The Morgan fingerprint density at radius 3 is 2.77 bits per heavy atom. The molecule has 1 heterocycles. The number of carbonyl (C=O) groups excluding carboxylic acids is 2. The number of benzene rings is 1. The first-order valence-corrected chi connectivity index (χ1v) is 8.72. The fourth-order valence-electron chi connectivity index (χ4n) is 3.11. The van der Waals surface area contributed by atoms with Crippen LogP contribution in [0.15, 0.2) is 42.7 Å². The molecule has 0 saturated heterocycles. The van der Waals surface area contributed by atoms with E-state index in [0.717, 1.165) is 41.4 Å². The van der Waals surface area contributed by atoms with E-state index in [1.165, 1.54) is 10.5 Å². The van der Waals surface area contributed by atoms with Gasteiger partial charge in [0.15, 0.2) is 0 Å². The van der Waals surface area contributed by atoms with Gasteiger partial charge in [-0.2, -0.15) is 0 Å². The van der Waals surface area contributed by atoms with Crippen molar-refractivity contribution in [2.24, 2.45) is 5.92 Å². The standard InChI is InChI=1S/C21H23N3O2/c1-14-4-5-15-6-7-16(10-20(15)18(8-14)13-25)17-9-19(12-22-11-17)23-21(26)24(2)3/h6-14H,4-5H2,1-3H3,(H,23,26). The highest BCUT2D eigenvalue weighted by atomic mass is 16.2. The van der Waals surface area contributed by atoms with Gasteiger partial charge in [-0.05, 0) is 47.6 Å². The maximum atomic E-state index is 11.8. The lowest BCUT2D eigenvalue weighted by Gasteiger charge is -2.13. The second-order valence-electron chi connectivity index (χ2n) is 6.91. The van der Waals surface area contributed by atoms with E-state index >= 15 is 0 Å². The number of aldehydes is 1. The highest BCUT2D eigenvalue weighted by molar-refractivity contribution is 6.08. The first-order chi connectivity index (χ1) is 12.5. The van der Waals surface area contributed by atoms with Crippen LogP contribution < -0.4 is 5.32 Å². The number of carbonyl (C=O) groups is 2. The van der Waals surface area contributed by atoms with Gasteiger partial charge in [0.1, 0.15) is 6.29 Å². The Labute approximate surface area is 153 Å². The molecule has 26 heavy (non-hydrogen) atoms. The summed E-state index contributed by atoms with van der Waals surface area (Å²) in [5.41, 5.74) is 5.44. The van der Waals surface area contributed by atoms with Crippen LogP contribution in [0.25, 0.3) is 16.7 Å². The Balaban J connectivity index is 1.97. The summed E-state index contributed by atoms with van der Waals surface area (Å²) in [6.07, 6.45) is 8.37. The van der Waals surface area contributed by atoms with Crippen molar-refractivity contribution < 1.29 is 9.59 Å². The minimum absolute atomic E-state index is 0.203. The number of aromatic nitrogens is 1. The second kappa shape index (κ2) is 7.52. The number of anilines is 1. The number of allylic oxidation sites excluding steroid dienone is 2. The van der Waals surface area contributed by atoms with Gasteiger partial charge < -0.3 is 10.2 Å². The SMILES string of the molecule is CC1C=C(C=O)c2cc(-c3cncc(NC(=O)N(C)C)c3)ccc2CC1. The van der Waals surface area contributed by atoms with E-state index in [9.17, 15) is 9.59 Å². The van der Waals surface area contributed by atoms with Gasteiger partial charge >= 0.3 is 6.03 Å². The molecule has 0 radical (unpaired) electrons. The van der Waals surface area contributed by atoms with Gasteiger partial charge in [-0.25, -0.2) is 4.79 Å². The van der Waals surface area contributed by atoms with Crippen LogP contribution in [0.5, 0.6) is 0 Å². The van der Waals surface area contributed by atoms with Crippen molar-refractivity contribution in [3.63, 3.8) is 0 Å². The summed E-state index contributed by atoms with van der Waals surface area (Å²) in [4.78, 5) is 29.1. The molecule has 0 saturated carbocycles. The molecule has 1 atom stereocenters. The van der Waals surface area contributed by atoms with Gasteiger partial charge in [0.2, 0.25) is 0 Å². The Kier molecular flexibility index (Phi) is 5.16. The molecule has 0 fully saturated rings. The van der Waals surface area contributed by atoms with Crippen molar-refractivity contribution in [1.82, 2.24) is 9.88 Å². The third-order valence-electron chi connectivity index (χ3n) is 4.61. The van der Waals surface area contributed by atoms with Gasteiger partial charge in [-0.3, -0.25) is 9.78 Å². The zero-order valence-electron chi connectivity index (χ0n) is 15.3. The molecule has 5 nitrogen and oxygen atoms in total. The van der Waals surface area contributed by atoms with Gasteiger partial charge in [0.25, 0.3) is 0 Å². The first-order valence-electron chi connectivity index (χ1n) is 8.72. The topological polar surface area (TPSA) is 62.3 Å². The lowest BCUT2D eigenvalue weighted by Crippen LogP contribution is -2.27. The predicted molar refractivity (Wildman–Crippen MR) is 104 cm³/mol. The first kappa shape index (κ1) is 17.9. The zero-order chi connectivity index (χ0) is 18.7. The van der Waals surface area contributed by atoms with Crippen LogP contribution in [0.1, 0.15) is 24.5 Å². The maximum absolute atomic E-state index is 11.8. The smallest absolute Gasteiger partial charge is 0.321 e. The summed E-state index contributed by atoms with van der Waals surface area (Å²) in [5.74, 6) is 0.386. The molecule has 1 aliphatic carbocycles. The molecule has 1 N–H and O–H groups in total. The van der Waals surface area contributed by atoms with E-state index in [2.05, 4.69) is 29.4 Å². The van der Waals surface area contributed by atoms with Gasteiger partial charge in [-0.15, -0.1) is 0 Å². The molecular formula is C21H23N3O2. The lowest BCUT2D eigenvalue weighted by atomic mass is 9.95. The molecule has 1 aromatic carbocycles. The van der Waals surface area contributed by atoms with E-state index in [1.54, 1.807) is 26.5 Å². The second-order valence-corrected chi connectivity index (χ2v) is 6.91. The molecule has 1 aliphatic rings. The number of amides is 2. The van der Waals surface area contributed by atoms with Gasteiger partial charge in [0.05, 0.1) is 11.9 Å². The molecule has 0 aliphatic heterocycles. The highest BCUT2D eigenvalue weighted by Gasteiger charge is 2.16. The van der Waals surface area contributed by atoms with Gasteiger partial charge in [-0.1, -0.05) is 25.1 Å². The van der Waals surface area contributed by atoms with E-state index < -0.39 is 0 Å². The number of urea groups is 1. The van der Waals surface area contributed by atoms with Crippen LogP contribution in [0, 0.1) is 5.92 Å². The maximum Gasteiger partial charge on any atom is 0.321 e. The zero-order valence-corrected chi connectivity index (χ0v) is 15.3. The number of nitrogens with one attached hydrogen (secondary N) is 1. The van der Waals surface area contributed by atoms with Crippen LogP contribution in [-0.2, 0) is 11.2 Å². The Bertz CT molecular complexity index is 871. The molecule has 3 rings (SSSR count).